The lowest BCUT2D eigenvalue weighted by Gasteiger charge is -2.36. The van der Waals surface area contributed by atoms with Gasteiger partial charge in [0.1, 0.15) is 13.2 Å². The minimum absolute atomic E-state index is 0.106. The van der Waals surface area contributed by atoms with Gasteiger partial charge >= 0.3 is 12.1 Å². The molecule has 2 aromatic rings. The van der Waals surface area contributed by atoms with E-state index in [0.717, 1.165) is 31.5 Å². The SMILES string of the molecule is Cc1ccc(CN2CCN(C3CCN(C(=O)Nc4ccc5c(c4)OCCO5)CC3)C2=O)cc1. The molecule has 0 aromatic heterocycles. The average molecular weight is 451 g/mol. The summed E-state index contributed by atoms with van der Waals surface area (Å²) in [5.41, 5.74) is 3.06. The molecular weight excluding hydrogens is 420 g/mol. The van der Waals surface area contributed by atoms with Crippen molar-refractivity contribution in [2.75, 3.05) is 44.7 Å². The van der Waals surface area contributed by atoms with Crippen LogP contribution in [0.15, 0.2) is 42.5 Å². The molecule has 0 atom stereocenters. The molecule has 3 aliphatic rings. The van der Waals surface area contributed by atoms with Crippen LogP contribution >= 0.6 is 0 Å². The maximum atomic E-state index is 13.0. The number of ether oxygens (including phenoxy) is 2. The third-order valence-electron chi connectivity index (χ3n) is 6.61. The third-order valence-corrected chi connectivity index (χ3v) is 6.61. The smallest absolute Gasteiger partial charge is 0.321 e. The molecule has 2 aromatic carbocycles. The van der Waals surface area contributed by atoms with E-state index < -0.39 is 0 Å². The second kappa shape index (κ2) is 9.21. The molecule has 33 heavy (non-hydrogen) atoms. The number of fused-ring (bicyclic) bond motifs is 1. The quantitative estimate of drug-likeness (QED) is 0.771. The van der Waals surface area contributed by atoms with Crippen molar-refractivity contribution in [1.82, 2.24) is 14.7 Å². The number of hydrogen-bond acceptors (Lipinski definition) is 4. The summed E-state index contributed by atoms with van der Waals surface area (Å²) in [4.78, 5) is 31.5. The van der Waals surface area contributed by atoms with Crippen LogP contribution in [0, 0.1) is 6.92 Å². The summed E-state index contributed by atoms with van der Waals surface area (Å²) in [6.45, 7) is 6.51. The molecule has 0 spiro atoms. The summed E-state index contributed by atoms with van der Waals surface area (Å²) in [6.07, 6.45) is 1.58. The van der Waals surface area contributed by atoms with E-state index in [0.29, 0.717) is 50.0 Å². The third kappa shape index (κ3) is 4.69. The van der Waals surface area contributed by atoms with Crippen molar-refractivity contribution in [2.45, 2.75) is 32.4 Å². The van der Waals surface area contributed by atoms with Gasteiger partial charge in [0, 0.05) is 50.5 Å². The minimum Gasteiger partial charge on any atom is -0.486 e. The van der Waals surface area contributed by atoms with Crippen LogP contribution in [0.25, 0.3) is 0 Å². The zero-order valence-electron chi connectivity index (χ0n) is 19.0. The van der Waals surface area contributed by atoms with E-state index in [9.17, 15) is 9.59 Å². The molecule has 2 fully saturated rings. The number of piperidine rings is 1. The van der Waals surface area contributed by atoms with E-state index >= 15 is 0 Å². The van der Waals surface area contributed by atoms with Crippen molar-refractivity contribution in [3.8, 4) is 11.5 Å². The molecule has 4 amide bonds. The van der Waals surface area contributed by atoms with Crippen molar-refractivity contribution in [1.29, 1.82) is 0 Å². The summed E-state index contributed by atoms with van der Waals surface area (Å²) in [7, 11) is 0. The van der Waals surface area contributed by atoms with Gasteiger partial charge in [-0.25, -0.2) is 9.59 Å². The lowest BCUT2D eigenvalue weighted by atomic mass is 10.0. The van der Waals surface area contributed by atoms with Crippen molar-refractivity contribution < 1.29 is 19.1 Å². The van der Waals surface area contributed by atoms with Gasteiger partial charge < -0.3 is 29.5 Å². The van der Waals surface area contributed by atoms with Crippen LogP contribution in [0.3, 0.4) is 0 Å². The fourth-order valence-corrected chi connectivity index (χ4v) is 4.70. The normalized spacial score (nSPS) is 18.6. The standard InChI is InChI=1S/C25H30N4O4/c1-18-2-4-19(5-3-18)17-28-12-13-29(25(28)31)21-8-10-27(11-9-21)24(30)26-20-6-7-22-23(16-20)33-15-14-32-22/h2-7,16,21H,8-15,17H2,1H3,(H,26,30). The molecule has 0 unspecified atom stereocenters. The predicted molar refractivity (Wildman–Crippen MR) is 125 cm³/mol. The maximum Gasteiger partial charge on any atom is 0.321 e. The lowest BCUT2D eigenvalue weighted by Crippen LogP contribution is -2.49. The molecule has 0 bridgehead atoms. The van der Waals surface area contributed by atoms with E-state index in [2.05, 4.69) is 36.5 Å². The first-order chi connectivity index (χ1) is 16.1. The zero-order valence-corrected chi connectivity index (χ0v) is 19.0. The Bertz CT molecular complexity index is 1020. The molecular formula is C25H30N4O4. The fraction of sp³-hybridized carbons (Fsp3) is 0.440. The Labute approximate surface area is 194 Å². The maximum absolute atomic E-state index is 13.0. The van der Waals surface area contributed by atoms with E-state index in [-0.39, 0.29) is 18.1 Å². The largest absolute Gasteiger partial charge is 0.486 e. The molecule has 2 saturated heterocycles. The Kier molecular flexibility index (Phi) is 5.98. The van der Waals surface area contributed by atoms with Crippen LogP contribution in [-0.4, -0.2) is 72.2 Å². The lowest BCUT2D eigenvalue weighted by molar-refractivity contribution is 0.139. The highest BCUT2D eigenvalue weighted by Gasteiger charge is 2.36. The first-order valence-electron chi connectivity index (χ1n) is 11.6. The number of carbonyl (C=O) groups excluding carboxylic acids is 2. The number of urea groups is 2. The van der Waals surface area contributed by atoms with Crippen molar-refractivity contribution >= 4 is 17.7 Å². The second-order valence-corrected chi connectivity index (χ2v) is 8.89. The molecule has 174 valence electrons. The van der Waals surface area contributed by atoms with Crippen LogP contribution in [-0.2, 0) is 6.54 Å². The molecule has 1 N–H and O–H groups in total. The number of aryl methyl sites for hydroxylation is 1. The number of rotatable bonds is 4. The van der Waals surface area contributed by atoms with Gasteiger partial charge in [-0.3, -0.25) is 0 Å². The first-order valence-corrected chi connectivity index (χ1v) is 11.6. The molecule has 0 aliphatic carbocycles. The summed E-state index contributed by atoms with van der Waals surface area (Å²) in [6, 6.07) is 13.9. The first kappa shape index (κ1) is 21.4. The Morgan fingerprint density at radius 2 is 1.70 bits per heavy atom. The predicted octanol–water partition coefficient (Wildman–Crippen LogP) is 3.70. The summed E-state index contributed by atoms with van der Waals surface area (Å²) in [5.74, 6) is 1.35. The highest BCUT2D eigenvalue weighted by Crippen LogP contribution is 2.33. The second-order valence-electron chi connectivity index (χ2n) is 8.89. The van der Waals surface area contributed by atoms with Gasteiger partial charge in [-0.05, 0) is 37.5 Å². The average Bonchev–Trinajstić information content (AvgIpc) is 3.20. The van der Waals surface area contributed by atoms with Gasteiger partial charge in [0.2, 0.25) is 0 Å². The molecule has 3 heterocycles. The number of benzene rings is 2. The highest BCUT2D eigenvalue weighted by molar-refractivity contribution is 5.89. The number of likely N-dealkylation sites (tertiary alicyclic amines) is 1. The Balaban J connectivity index is 1.12. The van der Waals surface area contributed by atoms with Crippen LogP contribution in [0.1, 0.15) is 24.0 Å². The van der Waals surface area contributed by atoms with E-state index in [1.807, 2.05) is 26.8 Å². The molecule has 0 saturated carbocycles. The molecule has 0 radical (unpaired) electrons. The zero-order chi connectivity index (χ0) is 22.8. The number of amides is 4. The van der Waals surface area contributed by atoms with Gasteiger partial charge in [0.05, 0.1) is 0 Å². The van der Waals surface area contributed by atoms with Crippen LogP contribution < -0.4 is 14.8 Å². The van der Waals surface area contributed by atoms with Crippen molar-refractivity contribution in [2.24, 2.45) is 0 Å². The fourth-order valence-electron chi connectivity index (χ4n) is 4.70. The van der Waals surface area contributed by atoms with Crippen molar-refractivity contribution in [3.05, 3.63) is 53.6 Å². The number of anilines is 1. The number of hydrogen-bond donors (Lipinski definition) is 1. The number of nitrogens with one attached hydrogen (secondary N) is 1. The van der Waals surface area contributed by atoms with Gasteiger partial charge in [-0.1, -0.05) is 29.8 Å². The highest BCUT2D eigenvalue weighted by atomic mass is 16.6. The molecule has 8 heteroatoms. The van der Waals surface area contributed by atoms with Crippen LogP contribution in [0.4, 0.5) is 15.3 Å². The van der Waals surface area contributed by atoms with Crippen LogP contribution in [0.2, 0.25) is 0 Å². The Morgan fingerprint density at radius 3 is 2.45 bits per heavy atom. The topological polar surface area (TPSA) is 74.3 Å². The number of nitrogens with zero attached hydrogens (tertiary/aromatic N) is 3. The summed E-state index contributed by atoms with van der Waals surface area (Å²) >= 11 is 0. The van der Waals surface area contributed by atoms with Crippen molar-refractivity contribution in [3.63, 3.8) is 0 Å². The van der Waals surface area contributed by atoms with Gasteiger partial charge in [0.25, 0.3) is 0 Å². The molecule has 5 rings (SSSR count). The van der Waals surface area contributed by atoms with Crippen LogP contribution in [0.5, 0.6) is 11.5 Å². The minimum atomic E-state index is -0.126. The summed E-state index contributed by atoms with van der Waals surface area (Å²) in [5, 5.41) is 2.96. The Hall–Kier alpha value is -3.42. The number of carbonyl (C=O) groups is 2. The van der Waals surface area contributed by atoms with E-state index in [1.54, 1.807) is 6.07 Å². The van der Waals surface area contributed by atoms with Gasteiger partial charge in [-0.2, -0.15) is 0 Å². The monoisotopic (exact) mass is 450 g/mol. The molecule has 3 aliphatic heterocycles. The summed E-state index contributed by atoms with van der Waals surface area (Å²) < 4.78 is 11.1. The van der Waals surface area contributed by atoms with Gasteiger partial charge in [0.15, 0.2) is 11.5 Å². The Morgan fingerprint density at radius 1 is 0.970 bits per heavy atom. The van der Waals surface area contributed by atoms with E-state index in [1.165, 1.54) is 5.56 Å². The van der Waals surface area contributed by atoms with Gasteiger partial charge in [-0.15, -0.1) is 0 Å². The molecule has 8 nitrogen and oxygen atoms in total. The van der Waals surface area contributed by atoms with E-state index in [4.69, 9.17) is 9.47 Å².